The summed E-state index contributed by atoms with van der Waals surface area (Å²) in [4.78, 5) is 12.0. The molecule has 2 N–H and O–H groups in total. The van der Waals surface area contributed by atoms with Crippen molar-refractivity contribution in [1.29, 1.82) is 0 Å². The number of rotatable bonds is 7. The molecule has 106 valence electrons. The number of aryl methyl sites for hydroxylation is 1. The second-order valence-corrected chi connectivity index (χ2v) is 6.00. The first-order valence-electron chi connectivity index (χ1n) is 6.47. The monoisotopic (exact) mass is 282 g/mol. The Morgan fingerprint density at radius 3 is 2.68 bits per heavy atom. The maximum absolute atomic E-state index is 12.0. The molecule has 0 aromatic heterocycles. The van der Waals surface area contributed by atoms with Gasteiger partial charge in [-0.3, -0.25) is 9.00 Å². The van der Waals surface area contributed by atoms with Gasteiger partial charge in [0.05, 0.1) is 0 Å². The number of carbonyl (C=O) groups excluding carboxylic acids is 1. The molecule has 1 rings (SSSR count). The molecule has 0 radical (unpaired) electrons. The lowest BCUT2D eigenvalue weighted by Gasteiger charge is -2.10. The maximum atomic E-state index is 12.0. The van der Waals surface area contributed by atoms with Crippen molar-refractivity contribution in [1.82, 2.24) is 5.32 Å². The van der Waals surface area contributed by atoms with Gasteiger partial charge in [-0.15, -0.1) is 0 Å². The van der Waals surface area contributed by atoms with E-state index in [0.29, 0.717) is 17.9 Å². The molecule has 0 saturated carbocycles. The number of carbonyl (C=O) groups is 1. The van der Waals surface area contributed by atoms with Gasteiger partial charge in [0.1, 0.15) is 0 Å². The molecule has 19 heavy (non-hydrogen) atoms. The van der Waals surface area contributed by atoms with Crippen molar-refractivity contribution in [3.63, 3.8) is 0 Å². The van der Waals surface area contributed by atoms with Gasteiger partial charge in [-0.2, -0.15) is 0 Å². The van der Waals surface area contributed by atoms with Crippen LogP contribution in [-0.2, 0) is 10.8 Å². The minimum absolute atomic E-state index is 0.0672. The van der Waals surface area contributed by atoms with E-state index in [-0.39, 0.29) is 5.91 Å². The number of nitrogens with one attached hydrogen (secondary N) is 2. The first-order valence-corrected chi connectivity index (χ1v) is 8.20. The molecule has 0 aliphatic rings. The molecule has 4 nitrogen and oxygen atoms in total. The third kappa shape index (κ3) is 5.42. The maximum Gasteiger partial charge on any atom is 0.251 e. The summed E-state index contributed by atoms with van der Waals surface area (Å²) in [6.07, 6.45) is 2.41. The summed E-state index contributed by atoms with van der Waals surface area (Å²) in [6, 6.07) is 5.71. The van der Waals surface area contributed by atoms with E-state index in [1.165, 1.54) is 0 Å². The third-order valence-corrected chi connectivity index (χ3v) is 3.61. The van der Waals surface area contributed by atoms with Crippen molar-refractivity contribution in [2.45, 2.75) is 20.3 Å². The van der Waals surface area contributed by atoms with Crippen molar-refractivity contribution in [3.8, 4) is 0 Å². The number of hydrogen-bond acceptors (Lipinski definition) is 3. The Hall–Kier alpha value is -1.36. The van der Waals surface area contributed by atoms with Crippen LogP contribution in [0.1, 0.15) is 29.3 Å². The van der Waals surface area contributed by atoms with E-state index in [1.54, 1.807) is 6.26 Å². The molecule has 1 atom stereocenters. The van der Waals surface area contributed by atoms with Gasteiger partial charge in [0, 0.05) is 47.1 Å². The Morgan fingerprint density at radius 2 is 2.11 bits per heavy atom. The van der Waals surface area contributed by atoms with E-state index in [2.05, 4.69) is 10.6 Å². The van der Waals surface area contributed by atoms with E-state index < -0.39 is 10.8 Å². The number of anilines is 1. The summed E-state index contributed by atoms with van der Waals surface area (Å²) < 4.78 is 10.9. The zero-order valence-corrected chi connectivity index (χ0v) is 12.6. The van der Waals surface area contributed by atoms with Crippen LogP contribution in [0.4, 0.5) is 5.69 Å². The van der Waals surface area contributed by atoms with Crippen LogP contribution in [-0.4, -0.2) is 35.2 Å². The standard InChI is InChI=1S/C14H22N2O2S/c1-4-15-12-6-7-13(11(2)10-12)14(17)16-8-5-9-19(3)18/h6-7,10,15H,4-5,8-9H2,1-3H3,(H,16,17). The quantitative estimate of drug-likeness (QED) is 0.751. The van der Waals surface area contributed by atoms with Gasteiger partial charge in [-0.1, -0.05) is 0 Å². The normalized spacial score (nSPS) is 11.9. The van der Waals surface area contributed by atoms with Crippen LogP contribution in [0.25, 0.3) is 0 Å². The van der Waals surface area contributed by atoms with Gasteiger partial charge < -0.3 is 10.6 Å². The van der Waals surface area contributed by atoms with Crippen LogP contribution in [0.5, 0.6) is 0 Å². The first-order chi connectivity index (χ1) is 9.04. The highest BCUT2D eigenvalue weighted by atomic mass is 32.2. The zero-order valence-electron chi connectivity index (χ0n) is 11.8. The highest BCUT2D eigenvalue weighted by Gasteiger charge is 2.08. The molecule has 0 aliphatic heterocycles. The topological polar surface area (TPSA) is 58.2 Å². The molecule has 0 aliphatic carbocycles. The minimum Gasteiger partial charge on any atom is -0.385 e. The Morgan fingerprint density at radius 1 is 1.37 bits per heavy atom. The van der Waals surface area contributed by atoms with E-state index in [0.717, 1.165) is 24.2 Å². The SMILES string of the molecule is CCNc1ccc(C(=O)NCCCS(C)=O)c(C)c1. The zero-order chi connectivity index (χ0) is 14.3. The van der Waals surface area contributed by atoms with E-state index in [1.807, 2.05) is 32.0 Å². The van der Waals surface area contributed by atoms with Crippen LogP contribution < -0.4 is 10.6 Å². The average Bonchev–Trinajstić information content (AvgIpc) is 2.34. The van der Waals surface area contributed by atoms with Crippen LogP contribution in [0.3, 0.4) is 0 Å². The molecule has 0 heterocycles. The Bertz CT molecular complexity index is 461. The van der Waals surface area contributed by atoms with Gasteiger partial charge in [-0.25, -0.2) is 0 Å². The molecule has 1 amide bonds. The van der Waals surface area contributed by atoms with Crippen molar-refractivity contribution in [3.05, 3.63) is 29.3 Å². The summed E-state index contributed by atoms with van der Waals surface area (Å²) in [5.41, 5.74) is 2.67. The van der Waals surface area contributed by atoms with Gasteiger partial charge in [0.25, 0.3) is 5.91 Å². The molecule has 0 fully saturated rings. The smallest absolute Gasteiger partial charge is 0.251 e. The van der Waals surface area contributed by atoms with Crippen LogP contribution in [0.15, 0.2) is 18.2 Å². The summed E-state index contributed by atoms with van der Waals surface area (Å²) in [7, 11) is -0.794. The number of hydrogen-bond donors (Lipinski definition) is 2. The molecule has 0 bridgehead atoms. The molecular formula is C14H22N2O2S. The number of benzene rings is 1. The first kappa shape index (κ1) is 15.7. The van der Waals surface area contributed by atoms with Crippen LogP contribution >= 0.6 is 0 Å². The van der Waals surface area contributed by atoms with Gasteiger partial charge >= 0.3 is 0 Å². The van der Waals surface area contributed by atoms with Gasteiger partial charge in [-0.05, 0) is 44.0 Å². The molecule has 0 saturated heterocycles. The molecule has 1 aromatic rings. The second kappa shape index (κ2) is 7.94. The highest BCUT2D eigenvalue weighted by molar-refractivity contribution is 7.84. The lowest BCUT2D eigenvalue weighted by Crippen LogP contribution is -2.26. The number of amides is 1. The predicted molar refractivity (Wildman–Crippen MR) is 81.2 cm³/mol. The minimum atomic E-state index is -0.794. The fraction of sp³-hybridized carbons (Fsp3) is 0.500. The van der Waals surface area contributed by atoms with Gasteiger partial charge in [0.2, 0.25) is 0 Å². The lowest BCUT2D eigenvalue weighted by molar-refractivity contribution is 0.0953. The van der Waals surface area contributed by atoms with Crippen LogP contribution in [0, 0.1) is 6.92 Å². The second-order valence-electron chi connectivity index (χ2n) is 4.45. The van der Waals surface area contributed by atoms with Gasteiger partial charge in [0.15, 0.2) is 0 Å². The molecule has 1 aromatic carbocycles. The largest absolute Gasteiger partial charge is 0.385 e. The third-order valence-electron chi connectivity index (χ3n) is 2.75. The summed E-state index contributed by atoms with van der Waals surface area (Å²) in [5, 5.41) is 6.07. The molecule has 0 spiro atoms. The highest BCUT2D eigenvalue weighted by Crippen LogP contribution is 2.14. The van der Waals surface area contributed by atoms with Crippen molar-refractivity contribution in [2.75, 3.05) is 30.4 Å². The Balaban J connectivity index is 2.54. The molecular weight excluding hydrogens is 260 g/mol. The Labute approximate surface area is 117 Å². The van der Waals surface area contributed by atoms with Crippen LogP contribution in [0.2, 0.25) is 0 Å². The fourth-order valence-electron chi connectivity index (χ4n) is 1.81. The van der Waals surface area contributed by atoms with E-state index >= 15 is 0 Å². The van der Waals surface area contributed by atoms with E-state index in [4.69, 9.17) is 0 Å². The summed E-state index contributed by atoms with van der Waals surface area (Å²) >= 11 is 0. The fourth-order valence-corrected chi connectivity index (χ4v) is 2.36. The van der Waals surface area contributed by atoms with Crippen molar-refractivity contribution >= 4 is 22.4 Å². The van der Waals surface area contributed by atoms with Crippen molar-refractivity contribution < 1.29 is 9.00 Å². The average molecular weight is 282 g/mol. The van der Waals surface area contributed by atoms with E-state index in [9.17, 15) is 9.00 Å². The summed E-state index contributed by atoms with van der Waals surface area (Å²) in [5.74, 6) is 0.556. The Kier molecular flexibility index (Phi) is 6.56. The predicted octanol–water partition coefficient (Wildman–Crippen LogP) is 1.93. The molecule has 1 unspecified atom stereocenters. The lowest BCUT2D eigenvalue weighted by atomic mass is 10.1. The summed E-state index contributed by atoms with van der Waals surface area (Å²) in [6.45, 7) is 5.39. The van der Waals surface area contributed by atoms with Crippen molar-refractivity contribution in [2.24, 2.45) is 0 Å². The molecule has 5 heteroatoms.